The molecule has 1 aliphatic rings. The largest absolute Gasteiger partial charge is 0.494 e. The Morgan fingerprint density at radius 1 is 1.44 bits per heavy atom. The third-order valence-corrected chi connectivity index (χ3v) is 3.00. The first kappa shape index (κ1) is 12.3. The number of hydrogen-bond acceptors (Lipinski definition) is 3. The molecule has 0 radical (unpaired) electrons. The molecule has 0 saturated heterocycles. The molecule has 1 amide bonds. The summed E-state index contributed by atoms with van der Waals surface area (Å²) in [7, 11) is 1.31. The number of benzene rings is 1. The van der Waals surface area contributed by atoms with Crippen molar-refractivity contribution < 1.29 is 23.8 Å². The number of hydrogen-bond donors (Lipinski definition) is 2. The molecule has 5 nitrogen and oxygen atoms in total. The molecule has 1 aromatic carbocycles. The van der Waals surface area contributed by atoms with Crippen molar-refractivity contribution in [1.29, 1.82) is 0 Å². The molecule has 6 heteroatoms. The highest BCUT2D eigenvalue weighted by atomic mass is 19.1. The van der Waals surface area contributed by atoms with Crippen LogP contribution in [0.2, 0.25) is 0 Å². The Kier molecular flexibility index (Phi) is 2.94. The lowest BCUT2D eigenvalue weighted by molar-refractivity contribution is -0.147. The van der Waals surface area contributed by atoms with E-state index in [0.717, 1.165) is 6.07 Å². The van der Waals surface area contributed by atoms with Crippen molar-refractivity contribution in [2.45, 2.75) is 12.8 Å². The first-order chi connectivity index (χ1) is 8.49. The molecule has 2 rings (SSSR count). The highest BCUT2D eigenvalue weighted by Crippen LogP contribution is 2.46. The van der Waals surface area contributed by atoms with Gasteiger partial charge in [-0.3, -0.25) is 9.59 Å². The van der Waals surface area contributed by atoms with Gasteiger partial charge in [0, 0.05) is 11.8 Å². The number of halogens is 1. The fourth-order valence-corrected chi connectivity index (χ4v) is 1.65. The number of anilines is 1. The number of methoxy groups -OCH3 is 1. The number of aliphatic carboxylic acids is 1. The maximum atomic E-state index is 13.2. The van der Waals surface area contributed by atoms with E-state index in [9.17, 15) is 14.0 Å². The Balaban J connectivity index is 2.15. The molecule has 0 spiro atoms. The van der Waals surface area contributed by atoms with E-state index in [1.807, 2.05) is 0 Å². The second kappa shape index (κ2) is 4.29. The van der Waals surface area contributed by atoms with E-state index in [4.69, 9.17) is 9.84 Å². The first-order valence-electron chi connectivity index (χ1n) is 5.38. The average molecular weight is 253 g/mol. The van der Waals surface area contributed by atoms with Gasteiger partial charge in [-0.1, -0.05) is 0 Å². The Hall–Kier alpha value is -2.11. The molecule has 1 saturated carbocycles. The number of carboxylic acids is 1. The van der Waals surface area contributed by atoms with Crippen molar-refractivity contribution in [1.82, 2.24) is 0 Å². The van der Waals surface area contributed by atoms with Gasteiger partial charge in [0.1, 0.15) is 5.41 Å². The zero-order chi connectivity index (χ0) is 13.3. The van der Waals surface area contributed by atoms with Crippen LogP contribution < -0.4 is 10.1 Å². The minimum atomic E-state index is -1.32. The summed E-state index contributed by atoms with van der Waals surface area (Å²) in [5.74, 6) is -2.26. The fourth-order valence-electron chi connectivity index (χ4n) is 1.65. The van der Waals surface area contributed by atoms with Crippen LogP contribution in [0.5, 0.6) is 5.75 Å². The molecule has 0 bridgehead atoms. The zero-order valence-corrected chi connectivity index (χ0v) is 9.70. The summed E-state index contributed by atoms with van der Waals surface area (Å²) in [5, 5.41) is 11.4. The van der Waals surface area contributed by atoms with Crippen molar-refractivity contribution in [3.63, 3.8) is 0 Å². The Morgan fingerprint density at radius 2 is 2.11 bits per heavy atom. The summed E-state index contributed by atoms with van der Waals surface area (Å²) in [5.41, 5.74) is -1.01. The van der Waals surface area contributed by atoms with Crippen molar-refractivity contribution in [3.8, 4) is 5.75 Å². The van der Waals surface area contributed by atoms with E-state index in [1.54, 1.807) is 0 Å². The van der Waals surface area contributed by atoms with Crippen LogP contribution in [0.3, 0.4) is 0 Å². The third-order valence-electron chi connectivity index (χ3n) is 3.00. The lowest BCUT2D eigenvalue weighted by Crippen LogP contribution is -2.31. The molecular formula is C12H12FNO4. The van der Waals surface area contributed by atoms with E-state index in [2.05, 4.69) is 5.32 Å². The monoisotopic (exact) mass is 253 g/mol. The van der Waals surface area contributed by atoms with Crippen LogP contribution >= 0.6 is 0 Å². The minimum absolute atomic E-state index is 0.00651. The van der Waals surface area contributed by atoms with Crippen LogP contribution in [-0.4, -0.2) is 24.1 Å². The SMILES string of the molecule is COc1cc(NC(=O)C2(C(=O)O)CC2)ccc1F. The number of carboxylic acid groups (broad SMARTS) is 1. The zero-order valence-electron chi connectivity index (χ0n) is 9.70. The van der Waals surface area contributed by atoms with Gasteiger partial charge in [0.15, 0.2) is 11.6 Å². The quantitative estimate of drug-likeness (QED) is 0.800. The van der Waals surface area contributed by atoms with Crippen molar-refractivity contribution in [2.24, 2.45) is 5.41 Å². The Labute approximate surface area is 103 Å². The first-order valence-corrected chi connectivity index (χ1v) is 5.38. The van der Waals surface area contributed by atoms with Crippen molar-refractivity contribution in [3.05, 3.63) is 24.0 Å². The van der Waals surface area contributed by atoms with Gasteiger partial charge >= 0.3 is 5.97 Å². The number of nitrogens with one attached hydrogen (secondary N) is 1. The third kappa shape index (κ3) is 2.01. The van der Waals surface area contributed by atoms with Crippen LogP contribution in [0, 0.1) is 11.2 Å². The highest BCUT2D eigenvalue weighted by molar-refractivity contribution is 6.10. The molecule has 0 aromatic heterocycles. The van der Waals surface area contributed by atoms with Gasteiger partial charge in [-0.05, 0) is 25.0 Å². The van der Waals surface area contributed by atoms with Gasteiger partial charge in [0.25, 0.3) is 0 Å². The number of ether oxygens (including phenoxy) is 1. The van der Waals surface area contributed by atoms with E-state index in [1.165, 1.54) is 19.2 Å². The predicted octanol–water partition coefficient (Wildman–Crippen LogP) is 1.64. The number of carbonyl (C=O) groups is 2. The highest BCUT2D eigenvalue weighted by Gasteiger charge is 2.57. The Morgan fingerprint density at radius 3 is 2.61 bits per heavy atom. The summed E-state index contributed by atoms with van der Waals surface area (Å²) >= 11 is 0. The van der Waals surface area contributed by atoms with E-state index >= 15 is 0 Å². The lowest BCUT2D eigenvalue weighted by atomic mass is 10.1. The lowest BCUT2D eigenvalue weighted by Gasteiger charge is -2.11. The summed E-state index contributed by atoms with van der Waals surface area (Å²) in [6, 6.07) is 3.81. The van der Waals surface area contributed by atoms with Gasteiger partial charge in [-0.25, -0.2) is 4.39 Å². The molecule has 0 heterocycles. The van der Waals surface area contributed by atoms with Gasteiger partial charge in [-0.15, -0.1) is 0 Å². The van der Waals surface area contributed by atoms with E-state index in [-0.39, 0.29) is 5.75 Å². The number of carbonyl (C=O) groups excluding carboxylic acids is 1. The fraction of sp³-hybridized carbons (Fsp3) is 0.333. The van der Waals surface area contributed by atoms with Gasteiger partial charge in [-0.2, -0.15) is 0 Å². The number of amides is 1. The molecule has 2 N–H and O–H groups in total. The van der Waals surface area contributed by atoms with Crippen LogP contribution in [-0.2, 0) is 9.59 Å². The smallest absolute Gasteiger partial charge is 0.319 e. The van der Waals surface area contributed by atoms with Gasteiger partial charge < -0.3 is 15.2 Å². The summed E-state index contributed by atoms with van der Waals surface area (Å²) in [4.78, 5) is 22.7. The van der Waals surface area contributed by atoms with Gasteiger partial charge in [0.05, 0.1) is 7.11 Å². The van der Waals surface area contributed by atoms with Crippen LogP contribution in [0.4, 0.5) is 10.1 Å². The molecule has 1 fully saturated rings. The average Bonchev–Trinajstić information content (AvgIpc) is 3.12. The van der Waals surface area contributed by atoms with E-state index in [0.29, 0.717) is 18.5 Å². The van der Waals surface area contributed by atoms with Crippen LogP contribution in [0.1, 0.15) is 12.8 Å². The summed E-state index contributed by atoms with van der Waals surface area (Å²) < 4.78 is 17.9. The topological polar surface area (TPSA) is 75.6 Å². The predicted molar refractivity (Wildman–Crippen MR) is 60.9 cm³/mol. The van der Waals surface area contributed by atoms with E-state index < -0.39 is 23.1 Å². The second-order valence-corrected chi connectivity index (χ2v) is 4.19. The molecule has 1 aliphatic carbocycles. The molecule has 0 aliphatic heterocycles. The maximum Gasteiger partial charge on any atom is 0.319 e. The van der Waals surface area contributed by atoms with Crippen LogP contribution in [0.15, 0.2) is 18.2 Å². The van der Waals surface area contributed by atoms with Crippen LogP contribution in [0.25, 0.3) is 0 Å². The van der Waals surface area contributed by atoms with Crippen molar-refractivity contribution >= 4 is 17.6 Å². The Bertz CT molecular complexity index is 511. The molecule has 1 aromatic rings. The molecule has 96 valence electrons. The summed E-state index contributed by atoms with van der Waals surface area (Å²) in [6.07, 6.45) is 0.652. The normalized spacial score (nSPS) is 15.9. The van der Waals surface area contributed by atoms with Crippen molar-refractivity contribution in [2.75, 3.05) is 12.4 Å². The molecule has 0 unspecified atom stereocenters. The molecule has 18 heavy (non-hydrogen) atoms. The van der Waals surface area contributed by atoms with Gasteiger partial charge in [0.2, 0.25) is 5.91 Å². The molecular weight excluding hydrogens is 241 g/mol. The molecule has 0 atom stereocenters. The minimum Gasteiger partial charge on any atom is -0.494 e. The summed E-state index contributed by atoms with van der Waals surface area (Å²) in [6.45, 7) is 0. The standard InChI is InChI=1S/C12H12FNO4/c1-18-9-6-7(2-3-8(9)13)14-10(15)12(4-5-12)11(16)17/h2-3,6H,4-5H2,1H3,(H,14,15)(H,16,17). The number of rotatable bonds is 4. The second-order valence-electron chi connectivity index (χ2n) is 4.19. The maximum absolute atomic E-state index is 13.2.